The van der Waals surface area contributed by atoms with Crippen LogP contribution in [0.1, 0.15) is 27.4 Å². The van der Waals surface area contributed by atoms with Crippen molar-refractivity contribution in [2.24, 2.45) is 13.0 Å². The van der Waals surface area contributed by atoms with E-state index in [0.29, 0.717) is 44.1 Å². The summed E-state index contributed by atoms with van der Waals surface area (Å²) in [6.07, 6.45) is 2.22. The molecule has 5 rings (SSSR count). The Morgan fingerprint density at radius 3 is 2.58 bits per heavy atom. The van der Waals surface area contributed by atoms with E-state index >= 15 is 0 Å². The van der Waals surface area contributed by atoms with E-state index in [1.165, 1.54) is 29.0 Å². The third-order valence-electron chi connectivity index (χ3n) is 7.55. The average Bonchev–Trinajstić information content (AvgIpc) is 3.68. The van der Waals surface area contributed by atoms with Crippen molar-refractivity contribution in [1.29, 1.82) is 5.26 Å². The van der Waals surface area contributed by atoms with Gasteiger partial charge in [0.15, 0.2) is 24.0 Å². The molecule has 2 saturated heterocycles. The Labute approximate surface area is 257 Å². The lowest BCUT2D eigenvalue weighted by molar-refractivity contribution is -0.136. The molecular formula is C29H28Cl2FN7O4. The van der Waals surface area contributed by atoms with Crippen molar-refractivity contribution in [1.82, 2.24) is 24.7 Å². The van der Waals surface area contributed by atoms with Gasteiger partial charge in [0.1, 0.15) is 6.07 Å². The number of carbonyl (C=O) groups excluding carboxylic acids is 3. The van der Waals surface area contributed by atoms with E-state index in [1.54, 1.807) is 30.1 Å². The number of halogens is 3. The molecule has 3 aromatic rings. The second-order valence-electron chi connectivity index (χ2n) is 10.2. The first-order valence-corrected chi connectivity index (χ1v) is 14.3. The van der Waals surface area contributed by atoms with Gasteiger partial charge in [-0.15, -0.1) is 0 Å². The molecular weight excluding hydrogens is 600 g/mol. The third kappa shape index (κ3) is 6.29. The highest BCUT2D eigenvalue weighted by molar-refractivity contribution is 6.34. The van der Waals surface area contributed by atoms with Crippen LogP contribution in [-0.2, 0) is 11.8 Å². The van der Waals surface area contributed by atoms with Crippen molar-refractivity contribution < 1.29 is 23.5 Å². The number of imidazole rings is 1. The second-order valence-corrected chi connectivity index (χ2v) is 11.0. The fourth-order valence-electron chi connectivity index (χ4n) is 5.20. The number of benzene rings is 2. The van der Waals surface area contributed by atoms with Crippen LogP contribution < -0.4 is 15.4 Å². The number of hydrogen-bond acceptors (Lipinski definition) is 7. The predicted molar refractivity (Wildman–Crippen MR) is 158 cm³/mol. The zero-order valence-electron chi connectivity index (χ0n) is 23.2. The number of amides is 3. The highest BCUT2D eigenvalue weighted by Gasteiger charge is 2.31. The fraction of sp³-hybridized carbons (Fsp3) is 0.345. The molecule has 14 heteroatoms. The zero-order valence-corrected chi connectivity index (χ0v) is 24.7. The molecule has 2 aliphatic heterocycles. The third-order valence-corrected chi connectivity index (χ3v) is 8.23. The van der Waals surface area contributed by atoms with Crippen LogP contribution in [0, 0.1) is 23.1 Å². The van der Waals surface area contributed by atoms with Gasteiger partial charge in [0, 0.05) is 51.0 Å². The molecule has 2 fully saturated rings. The largest absolute Gasteiger partial charge is 0.476 e. The quantitative estimate of drug-likeness (QED) is 0.409. The molecule has 0 saturated carbocycles. The van der Waals surface area contributed by atoms with Gasteiger partial charge < -0.3 is 29.7 Å². The van der Waals surface area contributed by atoms with Crippen LogP contribution in [0.2, 0.25) is 10.0 Å². The van der Waals surface area contributed by atoms with Crippen LogP contribution >= 0.6 is 23.2 Å². The number of aromatic nitrogens is 2. The summed E-state index contributed by atoms with van der Waals surface area (Å²) in [5, 5.41) is 14.5. The normalized spacial score (nSPS) is 16.6. The molecule has 0 aliphatic carbocycles. The molecule has 2 aliphatic rings. The highest BCUT2D eigenvalue weighted by Crippen LogP contribution is 2.35. The van der Waals surface area contributed by atoms with Crippen LogP contribution in [-0.4, -0.2) is 82.9 Å². The van der Waals surface area contributed by atoms with Gasteiger partial charge in [-0.1, -0.05) is 23.2 Å². The maximum Gasteiger partial charge on any atom is 0.291 e. The summed E-state index contributed by atoms with van der Waals surface area (Å²) in [5.74, 6) is -1.66. The van der Waals surface area contributed by atoms with Crippen LogP contribution in [0.15, 0.2) is 36.5 Å². The first kappa shape index (κ1) is 30.3. The SMILES string of the molecule is Cn1c(-c2ccc(OCC#N)c(F)c2Cl)cnc1C(=O)Nc1ccc(C(=O)N2CCN(C(=O)[C@H]3CCNC3)CC2)c(Cl)c1. The number of nitriles is 1. The number of hydrogen-bond donors (Lipinski definition) is 2. The second kappa shape index (κ2) is 13.0. The number of anilines is 1. The van der Waals surface area contributed by atoms with Crippen molar-refractivity contribution in [3.05, 3.63) is 63.8 Å². The molecule has 2 aromatic carbocycles. The Kier molecular flexibility index (Phi) is 9.15. The lowest BCUT2D eigenvalue weighted by atomic mass is 10.1. The molecule has 2 N–H and O–H groups in total. The molecule has 224 valence electrons. The van der Waals surface area contributed by atoms with Crippen LogP contribution in [0.4, 0.5) is 10.1 Å². The standard InChI is InChI=1S/C29H28Cl2FN7O4/c1-37-22(20-4-5-23(43-13-7-33)25(32)24(20)31)16-35-26(37)27(40)36-18-2-3-19(21(30)14-18)29(42)39-11-9-38(10-12-39)28(41)17-6-8-34-15-17/h2-5,14,16-17,34H,6,8-13,15H2,1H3,(H,36,40)/t17-/m0/s1. The van der Waals surface area contributed by atoms with E-state index in [2.05, 4.69) is 15.6 Å². The van der Waals surface area contributed by atoms with Crippen molar-refractivity contribution >= 4 is 46.6 Å². The lowest BCUT2D eigenvalue weighted by Crippen LogP contribution is -2.52. The minimum atomic E-state index is -0.831. The van der Waals surface area contributed by atoms with Gasteiger partial charge in [-0.3, -0.25) is 14.4 Å². The van der Waals surface area contributed by atoms with Gasteiger partial charge in [-0.25, -0.2) is 9.37 Å². The molecule has 0 spiro atoms. The summed E-state index contributed by atoms with van der Waals surface area (Å²) < 4.78 is 21.2. The van der Waals surface area contributed by atoms with E-state index in [1.807, 2.05) is 4.90 Å². The van der Waals surface area contributed by atoms with Gasteiger partial charge in [0.05, 0.1) is 33.4 Å². The molecule has 0 radical (unpaired) electrons. The number of rotatable bonds is 7. The number of nitrogens with one attached hydrogen (secondary N) is 2. The molecule has 11 nitrogen and oxygen atoms in total. The van der Waals surface area contributed by atoms with Gasteiger partial charge in [-0.2, -0.15) is 5.26 Å². The van der Waals surface area contributed by atoms with Crippen LogP contribution in [0.5, 0.6) is 5.75 Å². The Balaban J connectivity index is 1.23. The molecule has 1 atom stereocenters. The Hall–Kier alpha value is -4.18. The lowest BCUT2D eigenvalue weighted by Gasteiger charge is -2.36. The van der Waals surface area contributed by atoms with E-state index in [0.717, 1.165) is 13.0 Å². The number of ether oxygens (including phenoxy) is 1. The van der Waals surface area contributed by atoms with E-state index < -0.39 is 11.7 Å². The molecule has 3 heterocycles. The smallest absolute Gasteiger partial charge is 0.291 e. The summed E-state index contributed by atoms with van der Waals surface area (Å²) in [7, 11) is 1.58. The summed E-state index contributed by atoms with van der Waals surface area (Å²) in [6, 6.07) is 9.22. The maximum atomic E-state index is 14.7. The predicted octanol–water partition coefficient (Wildman–Crippen LogP) is 3.58. The maximum absolute atomic E-state index is 14.7. The van der Waals surface area contributed by atoms with Crippen LogP contribution in [0.3, 0.4) is 0 Å². The zero-order chi connectivity index (χ0) is 30.7. The summed E-state index contributed by atoms with van der Waals surface area (Å²) in [5.41, 5.74) is 1.29. The van der Waals surface area contributed by atoms with Gasteiger partial charge in [0.2, 0.25) is 5.91 Å². The first-order chi connectivity index (χ1) is 20.7. The summed E-state index contributed by atoms with van der Waals surface area (Å²) in [4.78, 5) is 46.6. The van der Waals surface area contributed by atoms with Gasteiger partial charge in [-0.05, 0) is 43.3 Å². The average molecular weight is 628 g/mol. The van der Waals surface area contributed by atoms with Crippen molar-refractivity contribution in [2.45, 2.75) is 6.42 Å². The summed E-state index contributed by atoms with van der Waals surface area (Å²) >= 11 is 12.7. The van der Waals surface area contributed by atoms with Gasteiger partial charge in [0.25, 0.3) is 11.8 Å². The summed E-state index contributed by atoms with van der Waals surface area (Å²) in [6.45, 7) is 2.96. The Morgan fingerprint density at radius 1 is 1.16 bits per heavy atom. The molecule has 43 heavy (non-hydrogen) atoms. The highest BCUT2D eigenvalue weighted by atomic mass is 35.5. The van der Waals surface area contributed by atoms with Crippen LogP contribution in [0.25, 0.3) is 11.3 Å². The molecule has 0 bridgehead atoms. The minimum Gasteiger partial charge on any atom is -0.476 e. The monoisotopic (exact) mass is 627 g/mol. The Bertz CT molecular complexity index is 1610. The van der Waals surface area contributed by atoms with E-state index in [-0.39, 0.29) is 57.1 Å². The Morgan fingerprint density at radius 2 is 1.91 bits per heavy atom. The van der Waals surface area contributed by atoms with Crippen molar-refractivity contribution in [2.75, 3.05) is 51.2 Å². The first-order valence-electron chi connectivity index (χ1n) is 13.6. The minimum absolute atomic E-state index is 0.0000287. The molecule has 3 amide bonds. The van der Waals surface area contributed by atoms with Crippen molar-refractivity contribution in [3.8, 4) is 23.1 Å². The fourth-order valence-corrected chi connectivity index (χ4v) is 5.71. The molecule has 1 aromatic heterocycles. The van der Waals surface area contributed by atoms with Crippen molar-refractivity contribution in [3.63, 3.8) is 0 Å². The van der Waals surface area contributed by atoms with Gasteiger partial charge >= 0.3 is 0 Å². The molecule has 0 unspecified atom stereocenters. The number of piperazine rings is 1. The van der Waals surface area contributed by atoms with E-state index in [4.69, 9.17) is 33.2 Å². The van der Waals surface area contributed by atoms with E-state index in [9.17, 15) is 18.8 Å². The topological polar surface area (TPSA) is 133 Å². The number of nitrogens with zero attached hydrogens (tertiary/aromatic N) is 5. The number of carbonyl (C=O) groups is 3.